The lowest BCUT2D eigenvalue weighted by Gasteiger charge is -2.22. The minimum atomic E-state index is -0.546. The quantitative estimate of drug-likeness (QED) is 0.463. The van der Waals surface area contributed by atoms with Crippen LogP contribution in [0.15, 0.2) is 10.6 Å². The number of aromatic nitrogens is 1. The maximum atomic E-state index is 12.2. The summed E-state index contributed by atoms with van der Waals surface area (Å²) in [4.78, 5) is 36.9. The Labute approximate surface area is 145 Å². The first-order valence-corrected chi connectivity index (χ1v) is 7.86. The number of carbonyl (C=O) groups is 3. The zero-order valence-electron chi connectivity index (χ0n) is 14.7. The molecule has 0 aromatic carbocycles. The monoisotopic (exact) mass is 356 g/mol. The van der Waals surface area contributed by atoms with E-state index < -0.39 is 17.9 Å². The molecule has 0 aliphatic carbocycles. The standard InChI is InChI=1S/C15H24N4O6/c1-4-24-14(21)9-16-15(22)19(6-5-7-23-3)10-13(20)17-12-8-11(2)25-18-12/h8H,4-7,9-10H2,1-3H3,(H,16,22)(H,17,18,20). The summed E-state index contributed by atoms with van der Waals surface area (Å²) in [5.41, 5.74) is 0. The molecule has 0 aliphatic heterocycles. The summed E-state index contributed by atoms with van der Waals surface area (Å²) in [5, 5.41) is 8.62. The molecule has 0 aliphatic rings. The molecule has 10 nitrogen and oxygen atoms in total. The molecule has 1 aromatic rings. The number of amides is 3. The molecule has 3 amide bonds. The topological polar surface area (TPSA) is 123 Å². The Morgan fingerprint density at radius 2 is 2.12 bits per heavy atom. The number of urea groups is 1. The maximum absolute atomic E-state index is 12.2. The lowest BCUT2D eigenvalue weighted by Crippen LogP contribution is -2.46. The Morgan fingerprint density at radius 3 is 2.72 bits per heavy atom. The lowest BCUT2D eigenvalue weighted by atomic mass is 10.4. The first kappa shape index (κ1) is 20.4. The van der Waals surface area contributed by atoms with Gasteiger partial charge in [0.25, 0.3) is 0 Å². The van der Waals surface area contributed by atoms with Crippen molar-refractivity contribution in [1.82, 2.24) is 15.4 Å². The highest BCUT2D eigenvalue weighted by Gasteiger charge is 2.18. The Hall–Kier alpha value is -2.62. The number of esters is 1. The molecule has 10 heteroatoms. The number of nitrogens with one attached hydrogen (secondary N) is 2. The van der Waals surface area contributed by atoms with Crippen molar-refractivity contribution in [2.75, 3.05) is 45.3 Å². The number of aryl methyl sites for hydroxylation is 1. The van der Waals surface area contributed by atoms with E-state index in [1.807, 2.05) is 0 Å². The molecule has 25 heavy (non-hydrogen) atoms. The van der Waals surface area contributed by atoms with E-state index in [0.29, 0.717) is 18.8 Å². The minimum absolute atomic E-state index is 0.204. The zero-order chi connectivity index (χ0) is 18.7. The third-order valence-electron chi connectivity index (χ3n) is 2.98. The molecule has 0 spiro atoms. The molecule has 0 saturated carbocycles. The Kier molecular flexibility index (Phi) is 9.01. The van der Waals surface area contributed by atoms with Gasteiger partial charge in [-0.2, -0.15) is 0 Å². The van der Waals surface area contributed by atoms with Crippen LogP contribution in [0.5, 0.6) is 0 Å². The number of hydrogen-bond acceptors (Lipinski definition) is 7. The number of hydrogen-bond donors (Lipinski definition) is 2. The predicted molar refractivity (Wildman–Crippen MR) is 88.0 cm³/mol. The number of methoxy groups -OCH3 is 1. The summed E-state index contributed by atoms with van der Waals surface area (Å²) < 4.78 is 14.6. The molecule has 0 radical (unpaired) electrons. The van der Waals surface area contributed by atoms with Crippen LogP contribution in [0.25, 0.3) is 0 Å². The second kappa shape index (κ2) is 11.0. The summed E-state index contributed by atoms with van der Waals surface area (Å²) in [6, 6.07) is 1.02. The van der Waals surface area contributed by atoms with Crippen LogP contribution in [-0.4, -0.2) is 67.9 Å². The number of anilines is 1. The van der Waals surface area contributed by atoms with Gasteiger partial charge in [-0.05, 0) is 20.3 Å². The van der Waals surface area contributed by atoms with Gasteiger partial charge in [-0.25, -0.2) is 4.79 Å². The summed E-state index contributed by atoms with van der Waals surface area (Å²) >= 11 is 0. The smallest absolute Gasteiger partial charge is 0.325 e. The second-order valence-corrected chi connectivity index (χ2v) is 5.10. The number of nitrogens with zero attached hydrogens (tertiary/aromatic N) is 2. The van der Waals surface area contributed by atoms with Crippen LogP contribution >= 0.6 is 0 Å². The van der Waals surface area contributed by atoms with E-state index in [1.165, 1.54) is 4.90 Å². The number of ether oxygens (including phenoxy) is 2. The Balaban J connectivity index is 2.56. The average molecular weight is 356 g/mol. The van der Waals surface area contributed by atoms with E-state index in [1.54, 1.807) is 27.0 Å². The molecule has 1 aromatic heterocycles. The first-order chi connectivity index (χ1) is 12.0. The van der Waals surface area contributed by atoms with E-state index in [0.717, 1.165) is 0 Å². The van der Waals surface area contributed by atoms with Crippen molar-refractivity contribution in [1.29, 1.82) is 0 Å². The Bertz CT molecular complexity index is 574. The molecule has 2 N–H and O–H groups in total. The fraction of sp³-hybridized carbons (Fsp3) is 0.600. The van der Waals surface area contributed by atoms with Crippen molar-refractivity contribution in [3.63, 3.8) is 0 Å². The van der Waals surface area contributed by atoms with E-state index in [4.69, 9.17) is 14.0 Å². The number of rotatable bonds is 10. The van der Waals surface area contributed by atoms with Gasteiger partial charge >= 0.3 is 12.0 Å². The first-order valence-electron chi connectivity index (χ1n) is 7.86. The fourth-order valence-corrected chi connectivity index (χ4v) is 1.90. The highest BCUT2D eigenvalue weighted by atomic mass is 16.5. The van der Waals surface area contributed by atoms with Crippen molar-refractivity contribution in [2.45, 2.75) is 20.3 Å². The van der Waals surface area contributed by atoms with E-state index in [2.05, 4.69) is 15.8 Å². The fourth-order valence-electron chi connectivity index (χ4n) is 1.90. The van der Waals surface area contributed by atoms with E-state index >= 15 is 0 Å². The molecule has 0 saturated heterocycles. The van der Waals surface area contributed by atoms with Crippen LogP contribution in [0.2, 0.25) is 0 Å². The van der Waals surface area contributed by atoms with Gasteiger partial charge in [-0.15, -0.1) is 0 Å². The van der Waals surface area contributed by atoms with Crippen molar-refractivity contribution in [3.8, 4) is 0 Å². The molecule has 0 unspecified atom stereocenters. The van der Waals surface area contributed by atoms with Gasteiger partial charge in [0.15, 0.2) is 5.82 Å². The lowest BCUT2D eigenvalue weighted by molar-refractivity contribution is -0.141. The molecular weight excluding hydrogens is 332 g/mol. The van der Waals surface area contributed by atoms with Gasteiger partial charge in [0.2, 0.25) is 5.91 Å². The van der Waals surface area contributed by atoms with E-state index in [9.17, 15) is 14.4 Å². The SMILES string of the molecule is CCOC(=O)CNC(=O)N(CCCOC)CC(=O)Nc1cc(C)on1. The molecule has 1 rings (SSSR count). The zero-order valence-corrected chi connectivity index (χ0v) is 14.7. The third-order valence-corrected chi connectivity index (χ3v) is 2.98. The molecular formula is C15H24N4O6. The largest absolute Gasteiger partial charge is 0.465 e. The summed E-state index contributed by atoms with van der Waals surface area (Å²) in [5.74, 6) is -0.155. The summed E-state index contributed by atoms with van der Waals surface area (Å²) in [6.45, 7) is 3.85. The molecule has 0 fully saturated rings. The summed E-state index contributed by atoms with van der Waals surface area (Å²) in [6.07, 6.45) is 0.541. The van der Waals surface area contributed by atoms with Crippen molar-refractivity contribution in [3.05, 3.63) is 11.8 Å². The van der Waals surface area contributed by atoms with Gasteiger partial charge in [0.05, 0.1) is 6.61 Å². The van der Waals surface area contributed by atoms with Crippen LogP contribution in [0.4, 0.5) is 10.6 Å². The highest BCUT2D eigenvalue weighted by molar-refractivity contribution is 5.93. The normalized spacial score (nSPS) is 10.2. The van der Waals surface area contributed by atoms with Gasteiger partial charge < -0.3 is 29.5 Å². The summed E-state index contributed by atoms with van der Waals surface area (Å²) in [7, 11) is 1.55. The van der Waals surface area contributed by atoms with Crippen molar-refractivity contribution in [2.24, 2.45) is 0 Å². The predicted octanol–water partition coefficient (Wildman–Crippen LogP) is 0.533. The molecule has 140 valence electrons. The highest BCUT2D eigenvalue weighted by Crippen LogP contribution is 2.07. The van der Waals surface area contributed by atoms with Gasteiger partial charge in [0.1, 0.15) is 18.8 Å². The van der Waals surface area contributed by atoms with Crippen LogP contribution < -0.4 is 10.6 Å². The van der Waals surface area contributed by atoms with Crippen molar-refractivity contribution >= 4 is 23.7 Å². The molecule has 0 atom stereocenters. The van der Waals surface area contributed by atoms with Crippen LogP contribution in [-0.2, 0) is 19.1 Å². The van der Waals surface area contributed by atoms with Crippen LogP contribution in [0, 0.1) is 6.92 Å². The average Bonchev–Trinajstić information content (AvgIpc) is 2.97. The minimum Gasteiger partial charge on any atom is -0.465 e. The third kappa shape index (κ3) is 8.15. The number of carbonyl (C=O) groups excluding carboxylic acids is 3. The van der Waals surface area contributed by atoms with Crippen LogP contribution in [0.1, 0.15) is 19.1 Å². The molecule has 0 bridgehead atoms. The van der Waals surface area contributed by atoms with Crippen molar-refractivity contribution < 1.29 is 28.4 Å². The second-order valence-electron chi connectivity index (χ2n) is 5.10. The van der Waals surface area contributed by atoms with Crippen LogP contribution in [0.3, 0.4) is 0 Å². The van der Waals surface area contributed by atoms with E-state index in [-0.39, 0.29) is 32.1 Å². The van der Waals surface area contributed by atoms with Gasteiger partial charge in [-0.1, -0.05) is 5.16 Å². The van der Waals surface area contributed by atoms with Gasteiger partial charge in [-0.3, -0.25) is 9.59 Å². The Morgan fingerprint density at radius 1 is 1.36 bits per heavy atom. The maximum Gasteiger partial charge on any atom is 0.325 e. The van der Waals surface area contributed by atoms with Gasteiger partial charge in [0, 0.05) is 26.3 Å². The molecule has 1 heterocycles.